The molecule has 0 spiro atoms. The zero-order chi connectivity index (χ0) is 13.3. The molecule has 2 heteroatoms. The Hall–Kier alpha value is -1.02. The molecule has 0 amide bonds. The molecule has 0 saturated carbocycles. The molecule has 0 bridgehead atoms. The van der Waals surface area contributed by atoms with Crippen LogP contribution in [0.3, 0.4) is 0 Å². The lowest BCUT2D eigenvalue weighted by molar-refractivity contribution is 0.410. The fourth-order valence-corrected chi connectivity index (χ4v) is 5.42. The monoisotopic (exact) mass is 327 g/mol. The van der Waals surface area contributed by atoms with Crippen molar-refractivity contribution < 1.29 is 0 Å². The molecule has 1 nitrogen and oxygen atoms in total. The van der Waals surface area contributed by atoms with Crippen LogP contribution in [0.5, 0.6) is 0 Å². The van der Waals surface area contributed by atoms with E-state index in [1.807, 2.05) is 0 Å². The number of halogens is 1. The Kier molecular flexibility index (Phi) is 2.33. The van der Waals surface area contributed by atoms with Crippen LogP contribution in [0.15, 0.2) is 40.9 Å². The number of fused-ring (bicyclic) bond motifs is 4. The van der Waals surface area contributed by atoms with E-state index in [2.05, 4.69) is 57.3 Å². The molecule has 5 rings (SSSR count). The van der Waals surface area contributed by atoms with E-state index in [9.17, 15) is 0 Å². The third-order valence-corrected chi connectivity index (χ3v) is 6.39. The summed E-state index contributed by atoms with van der Waals surface area (Å²) in [5.41, 5.74) is 4.69. The van der Waals surface area contributed by atoms with Crippen LogP contribution in [0.1, 0.15) is 35.8 Å². The molecule has 2 aliphatic heterocycles. The Morgan fingerprint density at radius 2 is 1.65 bits per heavy atom. The van der Waals surface area contributed by atoms with Crippen molar-refractivity contribution in [1.82, 2.24) is 0 Å². The number of rotatable bonds is 0. The molecule has 4 atom stereocenters. The summed E-state index contributed by atoms with van der Waals surface area (Å²) in [6.07, 6.45) is 12.2. The lowest BCUT2D eigenvalue weighted by Gasteiger charge is -2.46. The van der Waals surface area contributed by atoms with Gasteiger partial charge in [0.15, 0.2) is 0 Å². The lowest BCUT2D eigenvalue weighted by Crippen LogP contribution is -2.43. The summed E-state index contributed by atoms with van der Waals surface area (Å²) in [7, 11) is 0. The average Bonchev–Trinajstić information content (AvgIpc) is 3.08. The van der Waals surface area contributed by atoms with E-state index in [0.29, 0.717) is 11.8 Å². The van der Waals surface area contributed by atoms with Gasteiger partial charge >= 0.3 is 0 Å². The maximum atomic E-state index is 3.83. The van der Waals surface area contributed by atoms with Crippen LogP contribution in [-0.4, -0.2) is 13.1 Å². The van der Waals surface area contributed by atoms with E-state index in [1.54, 1.807) is 16.8 Å². The summed E-state index contributed by atoms with van der Waals surface area (Å²) in [5, 5.41) is 0. The maximum Gasteiger partial charge on any atom is 0.0455 e. The first-order valence-corrected chi connectivity index (χ1v) is 8.53. The van der Waals surface area contributed by atoms with Crippen LogP contribution < -0.4 is 4.90 Å². The van der Waals surface area contributed by atoms with Crippen molar-refractivity contribution in [2.75, 3.05) is 18.0 Å². The van der Waals surface area contributed by atoms with E-state index in [-0.39, 0.29) is 0 Å². The Morgan fingerprint density at radius 3 is 2.45 bits per heavy atom. The first-order chi connectivity index (χ1) is 9.83. The van der Waals surface area contributed by atoms with Crippen LogP contribution in [0.25, 0.3) is 0 Å². The molecule has 0 aromatic heterocycles. The van der Waals surface area contributed by atoms with Crippen LogP contribution in [-0.2, 0) is 0 Å². The average molecular weight is 328 g/mol. The van der Waals surface area contributed by atoms with E-state index in [4.69, 9.17) is 0 Å². The molecule has 0 N–H and O–H groups in total. The summed E-state index contributed by atoms with van der Waals surface area (Å²) in [6.45, 7) is 2.49. The number of nitrogens with zero attached hydrogens (tertiary/aromatic N) is 1. The Labute approximate surface area is 128 Å². The smallest absolute Gasteiger partial charge is 0.0455 e. The summed E-state index contributed by atoms with van der Waals surface area (Å²) in [6, 6.07) is 4.65. The molecule has 2 aliphatic carbocycles. The summed E-state index contributed by atoms with van der Waals surface area (Å²) >= 11 is 3.83. The predicted octanol–water partition coefficient (Wildman–Crippen LogP) is 4.60. The van der Waals surface area contributed by atoms with Gasteiger partial charge in [-0.15, -0.1) is 0 Å². The van der Waals surface area contributed by atoms with Gasteiger partial charge in [-0.2, -0.15) is 0 Å². The second kappa shape index (κ2) is 4.00. The zero-order valence-corrected chi connectivity index (χ0v) is 13.0. The lowest BCUT2D eigenvalue weighted by atomic mass is 9.75. The molecule has 2 heterocycles. The minimum atomic E-state index is 0.637. The molecular weight excluding hydrogens is 310 g/mol. The molecule has 0 saturated heterocycles. The molecule has 0 fully saturated rings. The van der Waals surface area contributed by atoms with Crippen molar-refractivity contribution in [2.24, 2.45) is 11.8 Å². The van der Waals surface area contributed by atoms with Gasteiger partial charge in [0.05, 0.1) is 0 Å². The third kappa shape index (κ3) is 1.38. The standard InChI is InChI=1S/C18H18BrN/c19-16-8-7-15-13-5-1-3-11(13)9-20-10-12-4-2-6-14(12)17(16)18(15)20/h1-2,5-8,11-14H,3-4,9-10H2/t11-,12-,13+,14-/m1/s1. The van der Waals surface area contributed by atoms with Crippen molar-refractivity contribution in [1.29, 1.82) is 0 Å². The molecule has 1 aromatic rings. The molecule has 1 aromatic carbocycles. The zero-order valence-electron chi connectivity index (χ0n) is 11.4. The number of hydrogen-bond donors (Lipinski definition) is 0. The van der Waals surface area contributed by atoms with Gasteiger partial charge in [0.25, 0.3) is 0 Å². The molecule has 102 valence electrons. The highest BCUT2D eigenvalue weighted by Gasteiger charge is 2.42. The van der Waals surface area contributed by atoms with Gasteiger partial charge in [0.1, 0.15) is 0 Å². The van der Waals surface area contributed by atoms with Crippen molar-refractivity contribution >= 4 is 21.6 Å². The molecule has 20 heavy (non-hydrogen) atoms. The maximum absolute atomic E-state index is 3.83. The minimum absolute atomic E-state index is 0.637. The van der Waals surface area contributed by atoms with E-state index < -0.39 is 0 Å². The van der Waals surface area contributed by atoms with Gasteiger partial charge in [0.2, 0.25) is 0 Å². The van der Waals surface area contributed by atoms with Crippen LogP contribution in [0.4, 0.5) is 5.69 Å². The Bertz CT molecular complexity index is 643. The highest BCUT2D eigenvalue weighted by molar-refractivity contribution is 9.10. The fraction of sp³-hybridized carbons (Fsp3) is 0.444. The second-order valence-electron chi connectivity index (χ2n) is 6.70. The van der Waals surface area contributed by atoms with Crippen molar-refractivity contribution in [2.45, 2.75) is 24.7 Å². The SMILES string of the molecule is Brc1ccc2c3c1[C@@H]1C=CC[C@@H]1CN3C[C@H]1CC=C[C@H]21. The second-order valence-corrected chi connectivity index (χ2v) is 7.56. The van der Waals surface area contributed by atoms with Gasteiger partial charge in [-0.25, -0.2) is 0 Å². The normalized spacial score (nSPS) is 36.0. The Balaban J connectivity index is 1.77. The van der Waals surface area contributed by atoms with E-state index in [0.717, 1.165) is 11.8 Å². The molecule has 0 radical (unpaired) electrons. The number of allylic oxidation sites excluding steroid dienone is 4. The van der Waals surface area contributed by atoms with Crippen molar-refractivity contribution in [3.63, 3.8) is 0 Å². The van der Waals surface area contributed by atoms with Gasteiger partial charge in [-0.3, -0.25) is 0 Å². The highest BCUT2D eigenvalue weighted by atomic mass is 79.9. The predicted molar refractivity (Wildman–Crippen MR) is 86.3 cm³/mol. The van der Waals surface area contributed by atoms with E-state index in [1.165, 1.54) is 30.4 Å². The number of anilines is 1. The number of benzene rings is 1. The van der Waals surface area contributed by atoms with Crippen LogP contribution in [0, 0.1) is 11.8 Å². The van der Waals surface area contributed by atoms with Crippen molar-refractivity contribution in [3.05, 3.63) is 52.0 Å². The summed E-state index contributed by atoms with van der Waals surface area (Å²) in [5.74, 6) is 2.90. The third-order valence-electron chi connectivity index (χ3n) is 5.69. The van der Waals surface area contributed by atoms with Gasteiger partial charge in [-0.1, -0.05) is 46.3 Å². The molecule has 4 aliphatic rings. The van der Waals surface area contributed by atoms with Crippen molar-refractivity contribution in [3.8, 4) is 0 Å². The van der Waals surface area contributed by atoms with Gasteiger partial charge in [0, 0.05) is 35.1 Å². The first kappa shape index (κ1) is 11.6. The first-order valence-electron chi connectivity index (χ1n) is 7.73. The van der Waals surface area contributed by atoms with Gasteiger partial charge < -0.3 is 4.90 Å². The number of hydrogen-bond acceptors (Lipinski definition) is 1. The largest absolute Gasteiger partial charge is 0.370 e. The quantitative estimate of drug-likeness (QED) is 0.629. The molecular formula is C18H18BrN. The van der Waals surface area contributed by atoms with Crippen LogP contribution in [0.2, 0.25) is 0 Å². The highest BCUT2D eigenvalue weighted by Crippen LogP contribution is 2.54. The minimum Gasteiger partial charge on any atom is -0.370 e. The summed E-state index contributed by atoms with van der Waals surface area (Å²) in [4.78, 5) is 2.69. The Morgan fingerprint density at radius 1 is 0.950 bits per heavy atom. The molecule has 0 unspecified atom stereocenters. The topological polar surface area (TPSA) is 3.24 Å². The van der Waals surface area contributed by atoms with E-state index >= 15 is 0 Å². The summed E-state index contributed by atoms with van der Waals surface area (Å²) < 4.78 is 1.31. The van der Waals surface area contributed by atoms with Gasteiger partial charge in [-0.05, 0) is 41.9 Å². The fourth-order valence-electron chi connectivity index (χ4n) is 4.84. The van der Waals surface area contributed by atoms with Crippen LogP contribution >= 0.6 is 15.9 Å².